The normalized spacial score (nSPS) is 12.7. The molecule has 1 N–H and O–H groups in total. The van der Waals surface area contributed by atoms with Crippen LogP contribution in [0.2, 0.25) is 5.02 Å². The molecule has 0 aromatic heterocycles. The van der Waals surface area contributed by atoms with Crippen molar-refractivity contribution >= 4 is 29.2 Å². The number of rotatable bonds is 10. The highest BCUT2D eigenvalue weighted by Gasteiger charge is 2.31. The molecule has 2 aromatic carbocycles. The van der Waals surface area contributed by atoms with Crippen LogP contribution in [0.5, 0.6) is 23.0 Å². The van der Waals surface area contributed by atoms with Gasteiger partial charge in [0.05, 0.1) is 32.6 Å². The number of carbonyl (C=O) groups excluding carboxylic acids is 2. The number of methoxy groups -OCH3 is 3. The van der Waals surface area contributed by atoms with Crippen molar-refractivity contribution < 1.29 is 33.3 Å². The van der Waals surface area contributed by atoms with Crippen LogP contribution in [0, 0.1) is 6.92 Å². The highest BCUT2D eigenvalue weighted by molar-refractivity contribution is 6.34. The van der Waals surface area contributed by atoms with E-state index in [2.05, 4.69) is 5.32 Å². The van der Waals surface area contributed by atoms with Crippen LogP contribution in [0.25, 0.3) is 0 Å². The van der Waals surface area contributed by atoms with Gasteiger partial charge in [0.25, 0.3) is 0 Å². The summed E-state index contributed by atoms with van der Waals surface area (Å²) in [4.78, 5) is 24.8. The molecule has 188 valence electrons. The maximum Gasteiger partial charge on any atom is 0.341 e. The SMILES string of the molecule is CNc1c(C/C=C(\C)CCC(=O)Oc2ccc(OC)c(OC)c2Cl)c(OC)c(C)c2c1C(=O)OC2. The smallest absolute Gasteiger partial charge is 0.341 e. The average Bonchev–Trinajstić information content (AvgIpc) is 3.24. The average molecular weight is 504 g/mol. The van der Waals surface area contributed by atoms with Crippen LogP contribution in [0.3, 0.4) is 0 Å². The predicted octanol–water partition coefficient (Wildman–Crippen LogP) is 5.26. The van der Waals surface area contributed by atoms with Crippen molar-refractivity contribution in [2.45, 2.75) is 39.7 Å². The minimum atomic E-state index is -0.420. The summed E-state index contributed by atoms with van der Waals surface area (Å²) < 4.78 is 26.8. The molecule has 2 aromatic rings. The van der Waals surface area contributed by atoms with Crippen molar-refractivity contribution in [3.63, 3.8) is 0 Å². The summed E-state index contributed by atoms with van der Waals surface area (Å²) in [5.74, 6) is 0.920. The Morgan fingerprint density at radius 2 is 1.80 bits per heavy atom. The van der Waals surface area contributed by atoms with E-state index in [0.717, 1.165) is 28.0 Å². The van der Waals surface area contributed by atoms with Gasteiger partial charge in [-0.05, 0) is 44.4 Å². The molecule has 1 heterocycles. The molecule has 3 rings (SSSR count). The van der Waals surface area contributed by atoms with Crippen molar-refractivity contribution in [1.29, 1.82) is 0 Å². The molecule has 0 atom stereocenters. The molecule has 0 aliphatic carbocycles. The van der Waals surface area contributed by atoms with Gasteiger partial charge in [0.15, 0.2) is 17.2 Å². The van der Waals surface area contributed by atoms with Gasteiger partial charge in [0, 0.05) is 24.6 Å². The monoisotopic (exact) mass is 503 g/mol. The molecule has 0 radical (unpaired) electrons. The van der Waals surface area contributed by atoms with Crippen LogP contribution in [0.15, 0.2) is 23.8 Å². The van der Waals surface area contributed by atoms with Gasteiger partial charge >= 0.3 is 11.9 Å². The first-order valence-corrected chi connectivity index (χ1v) is 11.5. The molecule has 8 nitrogen and oxygen atoms in total. The molecule has 0 saturated carbocycles. The van der Waals surface area contributed by atoms with Gasteiger partial charge in [-0.2, -0.15) is 0 Å². The zero-order chi connectivity index (χ0) is 25.7. The Hall–Kier alpha value is -3.39. The summed E-state index contributed by atoms with van der Waals surface area (Å²) in [6.45, 7) is 4.11. The van der Waals surface area contributed by atoms with Gasteiger partial charge in [-0.1, -0.05) is 23.3 Å². The number of esters is 2. The van der Waals surface area contributed by atoms with Crippen molar-refractivity contribution in [3.8, 4) is 23.0 Å². The molecule has 0 bridgehead atoms. The minimum absolute atomic E-state index is 0.165. The van der Waals surface area contributed by atoms with E-state index in [-0.39, 0.29) is 29.8 Å². The fourth-order valence-electron chi connectivity index (χ4n) is 4.13. The largest absolute Gasteiger partial charge is 0.496 e. The quantitative estimate of drug-likeness (QED) is 0.266. The molecule has 0 saturated heterocycles. The summed E-state index contributed by atoms with van der Waals surface area (Å²) >= 11 is 6.29. The van der Waals surface area contributed by atoms with Crippen molar-refractivity contribution in [2.24, 2.45) is 0 Å². The zero-order valence-electron chi connectivity index (χ0n) is 20.8. The number of benzene rings is 2. The molecule has 35 heavy (non-hydrogen) atoms. The van der Waals surface area contributed by atoms with Crippen LogP contribution in [-0.4, -0.2) is 40.3 Å². The van der Waals surface area contributed by atoms with Gasteiger partial charge in [0.2, 0.25) is 0 Å². The first-order chi connectivity index (χ1) is 16.8. The second-order valence-corrected chi connectivity index (χ2v) is 8.41. The molecular weight excluding hydrogens is 474 g/mol. The summed E-state index contributed by atoms with van der Waals surface area (Å²) in [6, 6.07) is 3.19. The van der Waals surface area contributed by atoms with Crippen molar-refractivity contribution in [2.75, 3.05) is 33.7 Å². The van der Waals surface area contributed by atoms with Gasteiger partial charge in [0.1, 0.15) is 17.4 Å². The molecule has 9 heteroatoms. The molecule has 1 aliphatic rings. The lowest BCUT2D eigenvalue weighted by atomic mass is 9.93. The van der Waals surface area contributed by atoms with E-state index >= 15 is 0 Å². The molecular formula is C26H30ClNO7. The fraction of sp³-hybridized carbons (Fsp3) is 0.385. The number of carbonyl (C=O) groups is 2. The molecule has 0 amide bonds. The predicted molar refractivity (Wildman–Crippen MR) is 133 cm³/mol. The third kappa shape index (κ3) is 5.32. The number of fused-ring (bicyclic) bond motifs is 1. The Morgan fingerprint density at radius 1 is 1.11 bits per heavy atom. The molecule has 0 unspecified atom stereocenters. The Balaban J connectivity index is 1.71. The Kier molecular flexibility index (Phi) is 8.51. The van der Waals surface area contributed by atoms with Crippen LogP contribution in [0.4, 0.5) is 5.69 Å². The van der Waals surface area contributed by atoms with Crippen LogP contribution < -0.4 is 24.3 Å². The van der Waals surface area contributed by atoms with Crippen molar-refractivity contribution in [3.05, 3.63) is 51.1 Å². The second kappa shape index (κ2) is 11.4. The Bertz CT molecular complexity index is 1170. The van der Waals surface area contributed by atoms with E-state index in [9.17, 15) is 9.59 Å². The molecule has 0 fully saturated rings. The Morgan fingerprint density at radius 3 is 2.43 bits per heavy atom. The highest BCUT2D eigenvalue weighted by atomic mass is 35.5. The van der Waals surface area contributed by atoms with Crippen LogP contribution in [-0.2, 0) is 22.6 Å². The standard InChI is InChI=1S/C26H30ClNO7/c1-14(8-12-20(29)35-18-10-11-19(31-4)25(33-6)22(18)27)7-9-16-23(28-3)21-17(13-34-26(21)30)15(2)24(16)32-5/h7,10-11,28H,8-9,12-13H2,1-6H3/b14-7+. The highest BCUT2D eigenvalue weighted by Crippen LogP contribution is 2.42. The number of anilines is 1. The first kappa shape index (κ1) is 26.2. The number of ether oxygens (including phenoxy) is 5. The van der Waals surface area contributed by atoms with Gasteiger partial charge in [-0.15, -0.1) is 0 Å². The lowest BCUT2D eigenvalue weighted by Crippen LogP contribution is -2.09. The summed E-state index contributed by atoms with van der Waals surface area (Å²) in [7, 11) is 6.34. The fourth-order valence-corrected chi connectivity index (χ4v) is 4.40. The number of cyclic esters (lactones) is 1. The van der Waals surface area contributed by atoms with Gasteiger partial charge < -0.3 is 29.0 Å². The number of hydrogen-bond donors (Lipinski definition) is 1. The summed E-state index contributed by atoms with van der Waals surface area (Å²) in [6.07, 6.45) is 3.19. The van der Waals surface area contributed by atoms with E-state index in [1.165, 1.54) is 14.2 Å². The van der Waals surface area contributed by atoms with Crippen LogP contribution >= 0.6 is 11.6 Å². The minimum Gasteiger partial charge on any atom is -0.496 e. The lowest BCUT2D eigenvalue weighted by Gasteiger charge is -2.19. The van der Waals surface area contributed by atoms with E-state index in [1.54, 1.807) is 26.3 Å². The topological polar surface area (TPSA) is 92.3 Å². The maximum atomic E-state index is 12.4. The number of hydrogen-bond acceptors (Lipinski definition) is 8. The molecule has 0 spiro atoms. The second-order valence-electron chi connectivity index (χ2n) is 8.03. The number of halogens is 1. The maximum absolute atomic E-state index is 12.4. The third-order valence-corrected chi connectivity index (χ3v) is 6.34. The Labute approximate surface area is 210 Å². The summed E-state index contributed by atoms with van der Waals surface area (Å²) in [5, 5.41) is 3.31. The van der Waals surface area contributed by atoms with E-state index in [4.69, 9.17) is 35.3 Å². The molecule has 1 aliphatic heterocycles. The number of nitrogens with one attached hydrogen (secondary N) is 1. The third-order valence-electron chi connectivity index (χ3n) is 5.98. The lowest BCUT2D eigenvalue weighted by molar-refractivity contribution is -0.134. The zero-order valence-corrected chi connectivity index (χ0v) is 21.6. The summed E-state index contributed by atoms with van der Waals surface area (Å²) in [5.41, 5.74) is 4.86. The van der Waals surface area contributed by atoms with Crippen molar-refractivity contribution in [1.82, 2.24) is 0 Å². The van der Waals surface area contributed by atoms with E-state index in [0.29, 0.717) is 35.6 Å². The van der Waals surface area contributed by atoms with Gasteiger partial charge in [-0.25, -0.2) is 4.79 Å². The van der Waals surface area contributed by atoms with E-state index in [1.807, 2.05) is 19.9 Å². The van der Waals surface area contributed by atoms with Gasteiger partial charge in [-0.3, -0.25) is 4.79 Å². The first-order valence-electron chi connectivity index (χ1n) is 11.1. The van der Waals surface area contributed by atoms with Crippen LogP contribution in [0.1, 0.15) is 46.8 Å². The van der Waals surface area contributed by atoms with E-state index < -0.39 is 5.97 Å². The number of allylic oxidation sites excluding steroid dienone is 2.